The highest BCUT2D eigenvalue weighted by molar-refractivity contribution is 5.99. The maximum atomic E-state index is 12.4. The predicted octanol–water partition coefficient (Wildman–Crippen LogP) is 2.22. The van der Waals surface area contributed by atoms with Crippen molar-refractivity contribution in [3.05, 3.63) is 58.6 Å². The Hall–Kier alpha value is -3.68. The number of anilines is 2. The molecule has 0 aliphatic carbocycles. The average Bonchev–Trinajstić information content (AvgIpc) is 2.71. The molecule has 1 aromatic heterocycles. The normalized spacial score (nSPS) is 15.4. The molecule has 0 radical (unpaired) electrons. The highest BCUT2D eigenvalue weighted by Crippen LogP contribution is 2.32. The fourth-order valence-electron chi connectivity index (χ4n) is 3.22. The number of fused-ring (bicyclic) bond motifs is 2. The highest BCUT2D eigenvalue weighted by Gasteiger charge is 2.23. The van der Waals surface area contributed by atoms with E-state index in [1.807, 2.05) is 6.07 Å². The van der Waals surface area contributed by atoms with Crippen molar-refractivity contribution in [1.29, 1.82) is 0 Å². The van der Waals surface area contributed by atoms with Crippen LogP contribution >= 0.6 is 0 Å². The molecule has 2 heterocycles. The summed E-state index contributed by atoms with van der Waals surface area (Å²) in [6, 6.07) is 12.2. The maximum Gasteiger partial charge on any atom is 0.265 e. The van der Waals surface area contributed by atoms with Crippen molar-refractivity contribution in [2.75, 3.05) is 10.6 Å². The van der Waals surface area contributed by atoms with Crippen molar-refractivity contribution in [2.24, 2.45) is 7.05 Å². The Morgan fingerprint density at radius 1 is 1.24 bits per heavy atom. The first kappa shape index (κ1) is 18.7. The number of aromatic nitrogens is 2. The number of hydrogen-bond donors (Lipinski definition) is 2. The van der Waals surface area contributed by atoms with E-state index in [9.17, 15) is 14.4 Å². The number of nitrogens with one attached hydrogen (secondary N) is 2. The molecule has 0 saturated carbocycles. The van der Waals surface area contributed by atoms with Gasteiger partial charge in [0.1, 0.15) is 11.6 Å². The minimum Gasteiger partial charge on any atom is -0.479 e. The molecule has 0 unspecified atom stereocenters. The maximum absolute atomic E-state index is 12.4. The number of carbonyl (C=O) groups excluding carboxylic acids is 2. The molecule has 2 N–H and O–H groups in total. The molecule has 3 aromatic rings. The predicted molar refractivity (Wildman–Crippen MR) is 109 cm³/mol. The van der Waals surface area contributed by atoms with Gasteiger partial charge < -0.3 is 15.4 Å². The second kappa shape index (κ2) is 7.38. The summed E-state index contributed by atoms with van der Waals surface area (Å²) in [5, 5.41) is 6.10. The third kappa shape index (κ3) is 3.69. The van der Waals surface area contributed by atoms with Crippen LogP contribution in [0.25, 0.3) is 10.9 Å². The van der Waals surface area contributed by atoms with E-state index in [0.29, 0.717) is 40.3 Å². The van der Waals surface area contributed by atoms with Crippen LogP contribution in [-0.2, 0) is 23.1 Å². The Labute approximate surface area is 166 Å². The van der Waals surface area contributed by atoms with Gasteiger partial charge in [-0.25, -0.2) is 4.98 Å². The molecule has 1 aliphatic heterocycles. The van der Waals surface area contributed by atoms with E-state index in [2.05, 4.69) is 15.6 Å². The van der Waals surface area contributed by atoms with Gasteiger partial charge in [0.15, 0.2) is 6.10 Å². The number of hydrogen-bond acceptors (Lipinski definition) is 5. The summed E-state index contributed by atoms with van der Waals surface area (Å²) >= 11 is 0. The lowest BCUT2D eigenvalue weighted by Gasteiger charge is -2.23. The first-order valence-electron chi connectivity index (χ1n) is 9.28. The molecule has 0 bridgehead atoms. The van der Waals surface area contributed by atoms with Crippen LogP contribution in [0.5, 0.6) is 5.75 Å². The second-order valence-corrected chi connectivity index (χ2v) is 6.92. The Morgan fingerprint density at radius 3 is 2.86 bits per heavy atom. The third-order valence-corrected chi connectivity index (χ3v) is 4.85. The summed E-state index contributed by atoms with van der Waals surface area (Å²) < 4.78 is 6.98. The SMILES string of the molecule is C[C@@H]1Oc2ccc(NC(=O)CCc3nc4ccccc4c(=O)n3C)cc2NC1=O. The minimum atomic E-state index is -0.552. The van der Waals surface area contributed by atoms with E-state index in [1.54, 1.807) is 50.4 Å². The number of para-hydroxylation sites is 1. The summed E-state index contributed by atoms with van der Waals surface area (Å²) in [4.78, 5) is 41.1. The van der Waals surface area contributed by atoms with Crippen molar-refractivity contribution in [3.8, 4) is 5.75 Å². The van der Waals surface area contributed by atoms with E-state index in [1.165, 1.54) is 4.57 Å². The third-order valence-electron chi connectivity index (χ3n) is 4.85. The molecule has 1 atom stereocenters. The number of ether oxygens (including phenoxy) is 1. The van der Waals surface area contributed by atoms with Gasteiger partial charge in [0, 0.05) is 25.6 Å². The summed E-state index contributed by atoms with van der Waals surface area (Å²) in [7, 11) is 1.65. The van der Waals surface area contributed by atoms with Crippen LogP contribution in [0, 0.1) is 0 Å². The number of rotatable bonds is 4. The quantitative estimate of drug-likeness (QED) is 0.709. The molecule has 2 amide bonds. The summed E-state index contributed by atoms with van der Waals surface area (Å²) in [6.07, 6.45) is -0.0654. The molecule has 4 rings (SSSR count). The molecule has 8 nitrogen and oxygen atoms in total. The molecule has 148 valence electrons. The zero-order valence-corrected chi connectivity index (χ0v) is 16.1. The lowest BCUT2D eigenvalue weighted by Crippen LogP contribution is -2.34. The lowest BCUT2D eigenvalue weighted by molar-refractivity contribution is -0.122. The molecular weight excluding hydrogens is 372 g/mol. The summed E-state index contributed by atoms with van der Waals surface area (Å²) in [5.41, 5.74) is 1.55. The van der Waals surface area contributed by atoms with Crippen molar-refractivity contribution in [3.63, 3.8) is 0 Å². The van der Waals surface area contributed by atoms with Crippen molar-refractivity contribution >= 4 is 34.1 Å². The number of aryl methyl sites for hydroxylation is 1. The number of benzene rings is 2. The fraction of sp³-hybridized carbons (Fsp3) is 0.238. The van der Waals surface area contributed by atoms with E-state index in [0.717, 1.165) is 0 Å². The molecule has 0 spiro atoms. The van der Waals surface area contributed by atoms with Gasteiger partial charge >= 0.3 is 0 Å². The van der Waals surface area contributed by atoms with Crippen molar-refractivity contribution < 1.29 is 14.3 Å². The van der Waals surface area contributed by atoms with Crippen LogP contribution < -0.4 is 20.9 Å². The first-order valence-corrected chi connectivity index (χ1v) is 9.28. The topological polar surface area (TPSA) is 102 Å². The first-order chi connectivity index (χ1) is 13.9. The number of amides is 2. The Kier molecular flexibility index (Phi) is 4.75. The summed E-state index contributed by atoms with van der Waals surface area (Å²) in [6.45, 7) is 1.67. The Morgan fingerprint density at radius 2 is 2.03 bits per heavy atom. The average molecular weight is 392 g/mol. The second-order valence-electron chi connectivity index (χ2n) is 6.92. The van der Waals surface area contributed by atoms with Crippen molar-refractivity contribution in [1.82, 2.24) is 9.55 Å². The van der Waals surface area contributed by atoms with Crippen LogP contribution in [-0.4, -0.2) is 27.5 Å². The molecular formula is C21H20N4O4. The zero-order chi connectivity index (χ0) is 20.5. The lowest BCUT2D eigenvalue weighted by atomic mass is 10.2. The summed E-state index contributed by atoms with van der Waals surface area (Å²) in [5.74, 6) is 0.655. The van der Waals surface area contributed by atoms with Gasteiger partial charge in [-0.05, 0) is 37.3 Å². The van der Waals surface area contributed by atoms with Gasteiger partial charge in [-0.3, -0.25) is 19.0 Å². The number of nitrogens with zero attached hydrogens (tertiary/aromatic N) is 2. The number of carbonyl (C=O) groups is 2. The van der Waals surface area contributed by atoms with Crippen LogP contribution in [0.4, 0.5) is 11.4 Å². The fourth-order valence-corrected chi connectivity index (χ4v) is 3.22. The molecule has 29 heavy (non-hydrogen) atoms. The van der Waals surface area contributed by atoms with Crippen LogP contribution in [0.1, 0.15) is 19.2 Å². The van der Waals surface area contributed by atoms with Gasteiger partial charge in [0.05, 0.1) is 16.6 Å². The Bertz CT molecular complexity index is 1190. The van der Waals surface area contributed by atoms with E-state index in [-0.39, 0.29) is 23.8 Å². The highest BCUT2D eigenvalue weighted by atomic mass is 16.5. The van der Waals surface area contributed by atoms with E-state index < -0.39 is 6.10 Å². The van der Waals surface area contributed by atoms with Gasteiger partial charge in [0.25, 0.3) is 11.5 Å². The largest absolute Gasteiger partial charge is 0.479 e. The zero-order valence-electron chi connectivity index (χ0n) is 16.1. The van der Waals surface area contributed by atoms with Crippen molar-refractivity contribution in [2.45, 2.75) is 25.9 Å². The van der Waals surface area contributed by atoms with E-state index in [4.69, 9.17) is 4.74 Å². The van der Waals surface area contributed by atoms with Gasteiger partial charge in [-0.2, -0.15) is 0 Å². The standard InChI is InChI=1S/C21H20N4O4/c1-12-20(27)24-16-11-13(7-8-17(16)29-12)22-19(26)10-9-18-23-15-6-4-3-5-14(15)21(28)25(18)2/h3-8,11-12H,9-10H2,1-2H3,(H,22,26)(H,24,27)/t12-/m0/s1. The monoisotopic (exact) mass is 392 g/mol. The molecule has 1 aliphatic rings. The molecule has 2 aromatic carbocycles. The van der Waals surface area contributed by atoms with Gasteiger partial charge in [0.2, 0.25) is 5.91 Å². The Balaban J connectivity index is 1.45. The molecule has 8 heteroatoms. The van der Waals surface area contributed by atoms with Gasteiger partial charge in [-0.1, -0.05) is 12.1 Å². The van der Waals surface area contributed by atoms with Crippen LogP contribution in [0.3, 0.4) is 0 Å². The smallest absolute Gasteiger partial charge is 0.265 e. The molecule has 0 saturated heterocycles. The van der Waals surface area contributed by atoms with E-state index >= 15 is 0 Å². The minimum absolute atomic E-state index is 0.134. The molecule has 0 fully saturated rings. The van der Waals surface area contributed by atoms with Crippen LogP contribution in [0.15, 0.2) is 47.3 Å². The van der Waals surface area contributed by atoms with Gasteiger partial charge in [-0.15, -0.1) is 0 Å². The van der Waals surface area contributed by atoms with Crippen LogP contribution in [0.2, 0.25) is 0 Å².